The molecule has 0 aliphatic carbocycles. The van der Waals surface area contributed by atoms with Crippen molar-refractivity contribution < 1.29 is 16.8 Å². The van der Waals surface area contributed by atoms with Crippen LogP contribution in [0.1, 0.15) is 25.8 Å². The Morgan fingerprint density at radius 3 is 2.46 bits per heavy atom. The van der Waals surface area contributed by atoms with E-state index in [0.29, 0.717) is 32.0 Å². The van der Waals surface area contributed by atoms with Gasteiger partial charge in [-0.1, -0.05) is 30.3 Å². The van der Waals surface area contributed by atoms with E-state index in [1.807, 2.05) is 35.2 Å². The number of rotatable bonds is 6. The maximum absolute atomic E-state index is 12.2. The molecule has 1 aliphatic rings. The summed E-state index contributed by atoms with van der Waals surface area (Å²) in [6, 6.07) is 9.14. The Hall–Kier alpha value is -0.880. The minimum Gasteiger partial charge on any atom is -0.356 e. The molecule has 2 rings (SSSR count). The fourth-order valence-corrected chi connectivity index (χ4v) is 5.84. The molecule has 10 heteroatoms. The van der Waals surface area contributed by atoms with E-state index in [1.165, 1.54) is 0 Å². The summed E-state index contributed by atoms with van der Waals surface area (Å²) in [5.74, 6) is 0.831. The molecule has 0 amide bonds. The van der Waals surface area contributed by atoms with Gasteiger partial charge in [-0.05, 0) is 25.8 Å². The van der Waals surface area contributed by atoms with Crippen LogP contribution in [-0.2, 0) is 25.4 Å². The Balaban J connectivity index is 0.00000392. The topological polar surface area (TPSA) is 95.9 Å². The van der Waals surface area contributed by atoms with E-state index >= 15 is 0 Å². The van der Waals surface area contributed by atoms with Crippen molar-refractivity contribution in [1.29, 1.82) is 0 Å². The van der Waals surface area contributed by atoms with Gasteiger partial charge in [-0.25, -0.2) is 16.8 Å². The third-order valence-corrected chi connectivity index (χ3v) is 8.92. The highest BCUT2D eigenvalue weighted by Gasteiger charge is 2.40. The summed E-state index contributed by atoms with van der Waals surface area (Å²) in [5, 5.41) is 3.16. The van der Waals surface area contributed by atoms with Crippen LogP contribution in [0, 0.1) is 0 Å². The summed E-state index contributed by atoms with van der Waals surface area (Å²) in [6.07, 6.45) is 0.462. The van der Waals surface area contributed by atoms with Gasteiger partial charge in [0.2, 0.25) is 0 Å². The summed E-state index contributed by atoms with van der Waals surface area (Å²) in [4.78, 5) is 6.13. The van der Waals surface area contributed by atoms with Crippen LogP contribution in [0.25, 0.3) is 0 Å². The van der Waals surface area contributed by atoms with Crippen molar-refractivity contribution in [2.75, 3.05) is 38.2 Å². The van der Waals surface area contributed by atoms with Gasteiger partial charge < -0.3 is 10.2 Å². The summed E-state index contributed by atoms with van der Waals surface area (Å²) < 4.78 is 47.9. The number of guanidine groups is 1. The van der Waals surface area contributed by atoms with E-state index in [9.17, 15) is 16.8 Å². The minimum atomic E-state index is -3.17. The van der Waals surface area contributed by atoms with Crippen LogP contribution in [0.4, 0.5) is 0 Å². The van der Waals surface area contributed by atoms with Crippen LogP contribution < -0.4 is 5.32 Å². The van der Waals surface area contributed by atoms with Crippen LogP contribution in [0.3, 0.4) is 0 Å². The van der Waals surface area contributed by atoms with E-state index in [2.05, 4.69) is 10.3 Å². The van der Waals surface area contributed by atoms with Gasteiger partial charge in [0, 0.05) is 26.7 Å². The normalized spacial score (nSPS) is 19.0. The van der Waals surface area contributed by atoms with Crippen LogP contribution >= 0.6 is 24.0 Å². The van der Waals surface area contributed by atoms with Gasteiger partial charge in [0.05, 0.1) is 22.0 Å². The van der Waals surface area contributed by atoms with Crippen LogP contribution in [0.15, 0.2) is 35.3 Å². The third kappa shape index (κ3) is 6.87. The smallest absolute Gasteiger partial charge is 0.193 e. The predicted octanol–water partition coefficient (Wildman–Crippen LogP) is 1.69. The first-order valence-corrected chi connectivity index (χ1v) is 12.5. The molecule has 0 aromatic heterocycles. The molecule has 1 heterocycles. The maximum Gasteiger partial charge on any atom is 0.193 e. The first-order chi connectivity index (χ1) is 12.6. The molecular weight excluding hydrogens is 513 g/mol. The molecule has 1 aromatic rings. The molecule has 1 N–H and O–H groups in total. The number of sulfone groups is 2. The van der Waals surface area contributed by atoms with E-state index < -0.39 is 24.4 Å². The van der Waals surface area contributed by atoms with Crippen LogP contribution in [-0.4, -0.2) is 70.6 Å². The molecular formula is C18H30IN3O4S2. The standard InChI is InChI=1S/C18H29N3O4S2.HI/c1-18(2)15-21(11-13-27(18,24)25)17(19-3)20-10-7-12-26(22,23)14-16-8-5-4-6-9-16;/h4-6,8-9H,7,10-15H2,1-3H3,(H,19,20);1H. The Morgan fingerprint density at radius 2 is 1.89 bits per heavy atom. The monoisotopic (exact) mass is 543 g/mol. The van der Waals surface area contributed by atoms with Gasteiger partial charge in [-0.2, -0.15) is 0 Å². The molecule has 0 unspecified atom stereocenters. The van der Waals surface area contributed by atoms with Crippen molar-refractivity contribution in [3.63, 3.8) is 0 Å². The average Bonchev–Trinajstić information content (AvgIpc) is 2.58. The summed E-state index contributed by atoms with van der Waals surface area (Å²) in [6.45, 7) is 4.65. The largest absolute Gasteiger partial charge is 0.356 e. The van der Waals surface area contributed by atoms with Crippen molar-refractivity contribution in [3.8, 4) is 0 Å². The molecule has 1 aliphatic heterocycles. The summed E-state index contributed by atoms with van der Waals surface area (Å²) in [7, 11) is -4.64. The lowest BCUT2D eigenvalue weighted by Crippen LogP contribution is -2.57. The Labute approximate surface area is 185 Å². The number of hydrogen-bond acceptors (Lipinski definition) is 5. The summed E-state index contributed by atoms with van der Waals surface area (Å²) in [5.41, 5.74) is 0.790. The van der Waals surface area contributed by atoms with Crippen molar-refractivity contribution in [2.45, 2.75) is 30.8 Å². The number of nitrogens with zero attached hydrogens (tertiary/aromatic N) is 2. The zero-order valence-corrected chi connectivity index (χ0v) is 20.6. The first-order valence-electron chi connectivity index (χ1n) is 8.99. The van der Waals surface area contributed by atoms with Gasteiger partial charge in [-0.15, -0.1) is 24.0 Å². The first kappa shape index (κ1) is 25.2. The highest BCUT2D eigenvalue weighted by molar-refractivity contribution is 14.0. The lowest BCUT2D eigenvalue weighted by Gasteiger charge is -2.39. The fraction of sp³-hybridized carbons (Fsp3) is 0.611. The Kier molecular flexibility index (Phi) is 9.20. The molecule has 0 atom stereocenters. The molecule has 1 saturated heterocycles. The minimum absolute atomic E-state index is 0. The second kappa shape index (κ2) is 10.2. The average molecular weight is 543 g/mol. The number of hydrogen-bond donors (Lipinski definition) is 1. The predicted molar refractivity (Wildman–Crippen MR) is 125 cm³/mol. The molecule has 28 heavy (non-hydrogen) atoms. The molecule has 0 spiro atoms. The van der Waals surface area contributed by atoms with E-state index in [4.69, 9.17) is 0 Å². The van der Waals surface area contributed by atoms with E-state index in [1.54, 1.807) is 20.9 Å². The van der Waals surface area contributed by atoms with Gasteiger partial charge in [-0.3, -0.25) is 4.99 Å². The second-order valence-corrected chi connectivity index (χ2v) is 12.3. The van der Waals surface area contributed by atoms with Crippen LogP contribution in [0.5, 0.6) is 0 Å². The highest BCUT2D eigenvalue weighted by atomic mass is 127. The van der Waals surface area contributed by atoms with Gasteiger partial charge in [0.25, 0.3) is 0 Å². The zero-order valence-electron chi connectivity index (χ0n) is 16.6. The number of benzene rings is 1. The quantitative estimate of drug-likeness (QED) is 0.254. The third-order valence-electron chi connectivity index (χ3n) is 4.70. The number of aliphatic imine (C=N–C) groups is 1. The van der Waals surface area contributed by atoms with E-state index in [0.717, 1.165) is 5.56 Å². The molecule has 0 radical (unpaired) electrons. The van der Waals surface area contributed by atoms with Crippen molar-refractivity contribution in [3.05, 3.63) is 35.9 Å². The maximum atomic E-state index is 12.2. The Bertz CT molecular complexity index is 869. The molecule has 1 aromatic carbocycles. The lowest BCUT2D eigenvalue weighted by atomic mass is 10.2. The Morgan fingerprint density at radius 1 is 1.25 bits per heavy atom. The van der Waals surface area contributed by atoms with Gasteiger partial charge in [0.15, 0.2) is 25.6 Å². The molecule has 1 fully saturated rings. The zero-order chi connectivity index (χ0) is 20.1. The van der Waals surface area contributed by atoms with Crippen LogP contribution in [0.2, 0.25) is 0 Å². The second-order valence-electron chi connectivity index (χ2n) is 7.41. The van der Waals surface area contributed by atoms with Gasteiger partial charge in [0.1, 0.15) is 0 Å². The highest BCUT2D eigenvalue weighted by Crippen LogP contribution is 2.23. The summed E-state index contributed by atoms with van der Waals surface area (Å²) >= 11 is 0. The van der Waals surface area contributed by atoms with Crippen molar-refractivity contribution >= 4 is 49.6 Å². The van der Waals surface area contributed by atoms with Crippen molar-refractivity contribution in [1.82, 2.24) is 10.2 Å². The van der Waals surface area contributed by atoms with Gasteiger partial charge >= 0.3 is 0 Å². The number of halogens is 1. The fourth-order valence-electron chi connectivity index (χ4n) is 3.05. The molecule has 0 bridgehead atoms. The molecule has 160 valence electrons. The molecule has 7 nitrogen and oxygen atoms in total. The lowest BCUT2D eigenvalue weighted by molar-refractivity contribution is 0.353. The van der Waals surface area contributed by atoms with E-state index in [-0.39, 0.29) is 41.2 Å². The number of nitrogens with one attached hydrogen (secondary N) is 1. The van der Waals surface area contributed by atoms with Crippen molar-refractivity contribution in [2.24, 2.45) is 4.99 Å². The molecule has 0 saturated carbocycles. The SMILES string of the molecule is CN=C(NCCCS(=O)(=O)Cc1ccccc1)N1CCS(=O)(=O)C(C)(C)C1.I.